The lowest BCUT2D eigenvalue weighted by Gasteiger charge is -2.05. The Bertz CT molecular complexity index is 774. The predicted octanol–water partition coefficient (Wildman–Crippen LogP) is 4.02. The maximum absolute atomic E-state index is 12.0. The van der Waals surface area contributed by atoms with E-state index in [4.69, 9.17) is 4.74 Å². The number of hydrogen-bond donors (Lipinski definition) is 1. The smallest absolute Gasteiger partial charge is 0.270 e. The summed E-state index contributed by atoms with van der Waals surface area (Å²) < 4.78 is 5.63. The minimum absolute atomic E-state index is 0.0561. The molecule has 0 fully saturated rings. The van der Waals surface area contributed by atoms with E-state index in [2.05, 4.69) is 21.2 Å². The molecule has 2 rings (SSSR count). The van der Waals surface area contributed by atoms with Gasteiger partial charge in [0.1, 0.15) is 5.75 Å². The first-order chi connectivity index (χ1) is 11.0. The number of anilines is 1. The third kappa shape index (κ3) is 4.40. The molecule has 0 aromatic heterocycles. The summed E-state index contributed by atoms with van der Waals surface area (Å²) in [5, 5.41) is 13.3. The predicted molar refractivity (Wildman–Crippen MR) is 91.5 cm³/mol. The van der Waals surface area contributed by atoms with Crippen molar-refractivity contribution in [1.82, 2.24) is 0 Å². The monoisotopic (exact) mass is 376 g/mol. The molecule has 1 amide bonds. The van der Waals surface area contributed by atoms with E-state index in [0.29, 0.717) is 15.9 Å². The van der Waals surface area contributed by atoms with E-state index >= 15 is 0 Å². The van der Waals surface area contributed by atoms with Crippen LogP contribution in [-0.4, -0.2) is 17.9 Å². The molecule has 7 heteroatoms. The summed E-state index contributed by atoms with van der Waals surface area (Å²) in [6.07, 6.45) is 3.00. The first-order valence-electron chi connectivity index (χ1n) is 6.57. The normalized spacial score (nSPS) is 10.5. The van der Waals surface area contributed by atoms with Crippen LogP contribution in [0.3, 0.4) is 0 Å². The van der Waals surface area contributed by atoms with E-state index in [-0.39, 0.29) is 11.6 Å². The van der Waals surface area contributed by atoms with Gasteiger partial charge in [-0.25, -0.2) is 0 Å². The lowest BCUT2D eigenvalue weighted by atomic mass is 10.2. The fourth-order valence-electron chi connectivity index (χ4n) is 1.86. The molecule has 6 nitrogen and oxygen atoms in total. The maximum atomic E-state index is 12.0. The van der Waals surface area contributed by atoms with Crippen molar-refractivity contribution in [3.8, 4) is 5.75 Å². The highest BCUT2D eigenvalue weighted by Crippen LogP contribution is 2.27. The number of nitrogens with one attached hydrogen (secondary N) is 1. The lowest BCUT2D eigenvalue weighted by Crippen LogP contribution is -2.08. The van der Waals surface area contributed by atoms with Crippen molar-refractivity contribution in [1.29, 1.82) is 0 Å². The number of para-hydroxylation sites is 1. The van der Waals surface area contributed by atoms with Crippen LogP contribution >= 0.6 is 15.9 Å². The zero-order chi connectivity index (χ0) is 16.8. The standard InChI is InChI=1S/C16H13BrN2O4/c1-23-15-5-3-2-4-11(15)6-9-16(20)18-14-8-7-12(19(21)22)10-13(14)17/h2-10H,1H3,(H,18,20)/b9-6+. The Labute approximate surface area is 141 Å². The SMILES string of the molecule is COc1ccccc1/C=C/C(=O)Nc1ccc([N+](=O)[O-])cc1Br. The molecule has 0 aliphatic rings. The molecule has 0 bridgehead atoms. The van der Waals surface area contributed by atoms with Crippen LogP contribution in [0, 0.1) is 10.1 Å². The van der Waals surface area contributed by atoms with Crippen molar-refractivity contribution in [2.45, 2.75) is 0 Å². The summed E-state index contributed by atoms with van der Waals surface area (Å²) in [5.74, 6) is 0.304. The highest BCUT2D eigenvalue weighted by atomic mass is 79.9. The molecule has 118 valence electrons. The molecule has 0 saturated heterocycles. The Morgan fingerprint density at radius 2 is 2.04 bits per heavy atom. The van der Waals surface area contributed by atoms with Gasteiger partial charge in [-0.1, -0.05) is 18.2 Å². The second kappa shape index (κ2) is 7.55. The summed E-state index contributed by atoms with van der Waals surface area (Å²) in [7, 11) is 1.56. The molecule has 23 heavy (non-hydrogen) atoms. The molecule has 0 saturated carbocycles. The van der Waals surface area contributed by atoms with Crippen LogP contribution < -0.4 is 10.1 Å². The number of nitro groups is 1. The third-order valence-corrected chi connectivity index (χ3v) is 3.63. The summed E-state index contributed by atoms with van der Waals surface area (Å²) in [4.78, 5) is 22.1. The number of methoxy groups -OCH3 is 1. The Kier molecular flexibility index (Phi) is 5.48. The fraction of sp³-hybridized carbons (Fsp3) is 0.0625. The van der Waals surface area contributed by atoms with Crippen LogP contribution in [-0.2, 0) is 4.79 Å². The number of non-ortho nitro benzene ring substituents is 1. The number of nitrogens with zero attached hydrogens (tertiary/aromatic N) is 1. The van der Waals surface area contributed by atoms with Crippen molar-refractivity contribution in [2.24, 2.45) is 0 Å². The molecule has 2 aromatic carbocycles. The van der Waals surface area contributed by atoms with E-state index in [1.54, 1.807) is 19.3 Å². The number of benzene rings is 2. The molecule has 0 unspecified atom stereocenters. The Hall–Kier alpha value is -2.67. The second-order valence-corrected chi connectivity index (χ2v) is 5.34. The zero-order valence-electron chi connectivity index (χ0n) is 12.2. The van der Waals surface area contributed by atoms with Crippen molar-refractivity contribution in [3.05, 3.63) is 68.7 Å². The number of rotatable bonds is 5. The van der Waals surface area contributed by atoms with Crippen LogP contribution in [0.15, 0.2) is 53.0 Å². The maximum Gasteiger partial charge on any atom is 0.270 e. The highest BCUT2D eigenvalue weighted by Gasteiger charge is 2.10. The molecule has 2 aromatic rings. The van der Waals surface area contributed by atoms with Crippen LogP contribution in [0.2, 0.25) is 0 Å². The van der Waals surface area contributed by atoms with Gasteiger partial charge in [0.2, 0.25) is 5.91 Å². The average molecular weight is 377 g/mol. The number of carbonyl (C=O) groups excluding carboxylic acids is 1. The molecule has 0 radical (unpaired) electrons. The Balaban J connectivity index is 2.10. The van der Waals surface area contributed by atoms with E-state index in [1.807, 2.05) is 18.2 Å². The van der Waals surface area contributed by atoms with Crippen LogP contribution in [0.4, 0.5) is 11.4 Å². The summed E-state index contributed by atoms with van der Waals surface area (Å²) in [6, 6.07) is 11.4. The topological polar surface area (TPSA) is 81.5 Å². The number of hydrogen-bond acceptors (Lipinski definition) is 4. The zero-order valence-corrected chi connectivity index (χ0v) is 13.7. The molecule has 0 aliphatic carbocycles. The Morgan fingerprint density at radius 1 is 1.30 bits per heavy atom. The van der Waals surface area contributed by atoms with Gasteiger partial charge in [-0.2, -0.15) is 0 Å². The van der Waals surface area contributed by atoms with Gasteiger partial charge in [0.05, 0.1) is 17.7 Å². The van der Waals surface area contributed by atoms with Gasteiger partial charge in [0.15, 0.2) is 0 Å². The van der Waals surface area contributed by atoms with E-state index < -0.39 is 4.92 Å². The van der Waals surface area contributed by atoms with Crippen LogP contribution in [0.25, 0.3) is 6.08 Å². The quantitative estimate of drug-likeness (QED) is 0.485. The molecule has 0 spiro atoms. The third-order valence-electron chi connectivity index (χ3n) is 2.97. The second-order valence-electron chi connectivity index (χ2n) is 4.49. The van der Waals surface area contributed by atoms with Crippen molar-refractivity contribution >= 4 is 39.3 Å². The molecular formula is C16H13BrN2O4. The van der Waals surface area contributed by atoms with Crippen molar-refractivity contribution in [3.63, 3.8) is 0 Å². The minimum atomic E-state index is -0.502. The Morgan fingerprint density at radius 3 is 2.70 bits per heavy atom. The fourth-order valence-corrected chi connectivity index (χ4v) is 2.33. The molecule has 1 N–H and O–H groups in total. The van der Waals surface area contributed by atoms with Crippen LogP contribution in [0.1, 0.15) is 5.56 Å². The largest absolute Gasteiger partial charge is 0.496 e. The molecular weight excluding hydrogens is 364 g/mol. The van der Waals surface area contributed by atoms with Crippen molar-refractivity contribution < 1.29 is 14.5 Å². The van der Waals surface area contributed by atoms with Gasteiger partial charge in [-0.15, -0.1) is 0 Å². The first-order valence-corrected chi connectivity index (χ1v) is 7.36. The number of ether oxygens (including phenoxy) is 1. The van der Waals surface area contributed by atoms with Gasteiger partial charge < -0.3 is 10.1 Å². The molecule has 0 atom stereocenters. The molecule has 0 aliphatic heterocycles. The number of nitro benzene ring substituents is 1. The average Bonchev–Trinajstić information content (AvgIpc) is 2.54. The molecule has 0 heterocycles. The summed E-state index contributed by atoms with van der Waals surface area (Å²) >= 11 is 3.20. The van der Waals surface area contributed by atoms with Gasteiger partial charge in [-0.3, -0.25) is 14.9 Å². The summed E-state index contributed by atoms with van der Waals surface area (Å²) in [5.41, 5.74) is 1.16. The minimum Gasteiger partial charge on any atom is -0.496 e. The van der Waals surface area contributed by atoms with Gasteiger partial charge in [0.25, 0.3) is 5.69 Å². The summed E-state index contributed by atoms with van der Waals surface area (Å²) in [6.45, 7) is 0. The number of carbonyl (C=O) groups is 1. The van der Waals surface area contributed by atoms with Crippen LogP contribution in [0.5, 0.6) is 5.75 Å². The lowest BCUT2D eigenvalue weighted by molar-refractivity contribution is -0.384. The van der Waals surface area contributed by atoms with Gasteiger partial charge >= 0.3 is 0 Å². The number of amides is 1. The van der Waals surface area contributed by atoms with Gasteiger partial charge in [0, 0.05) is 28.2 Å². The van der Waals surface area contributed by atoms with E-state index in [0.717, 1.165) is 5.56 Å². The van der Waals surface area contributed by atoms with E-state index in [9.17, 15) is 14.9 Å². The van der Waals surface area contributed by atoms with Crippen molar-refractivity contribution in [2.75, 3.05) is 12.4 Å². The van der Waals surface area contributed by atoms with E-state index in [1.165, 1.54) is 24.3 Å². The number of halogens is 1. The highest BCUT2D eigenvalue weighted by molar-refractivity contribution is 9.10. The van der Waals surface area contributed by atoms with Gasteiger partial charge in [-0.05, 0) is 34.1 Å². The first kappa shape index (κ1) is 16.7.